The van der Waals surface area contributed by atoms with Crippen LogP contribution >= 0.6 is 23.4 Å². The molecule has 202 valence electrons. The second-order valence-electron chi connectivity index (χ2n) is 8.31. The lowest BCUT2D eigenvalue weighted by Crippen LogP contribution is -2.31. The summed E-state index contributed by atoms with van der Waals surface area (Å²) in [6.45, 7) is -0.793. The van der Waals surface area contributed by atoms with Crippen LogP contribution in [-0.2, 0) is 25.3 Å². The van der Waals surface area contributed by atoms with Crippen LogP contribution in [0.2, 0.25) is 5.02 Å². The quantitative estimate of drug-likeness (QED) is 0.226. The highest BCUT2D eigenvalue weighted by Crippen LogP contribution is 2.35. The molecule has 0 aromatic heterocycles. The van der Waals surface area contributed by atoms with Crippen LogP contribution in [0.4, 0.5) is 30.2 Å². The number of esters is 1. The Kier molecular flexibility index (Phi) is 8.17. The number of nitrogen functional groups attached to an aromatic ring is 1. The Morgan fingerprint density at radius 2 is 1.79 bits per heavy atom. The molecule has 0 bridgehead atoms. The van der Waals surface area contributed by atoms with Gasteiger partial charge in [-0.2, -0.15) is 13.2 Å². The number of imide groups is 1. The molecule has 4 rings (SSSR count). The lowest BCUT2D eigenvalue weighted by atomic mass is 10.2. The first kappa shape index (κ1) is 28.0. The normalized spacial score (nSPS) is 15.4. The Bertz CT molecular complexity index is 1450. The van der Waals surface area contributed by atoms with Crippen molar-refractivity contribution in [2.24, 2.45) is 0 Å². The molecule has 0 aliphatic carbocycles. The van der Waals surface area contributed by atoms with Gasteiger partial charge in [-0.1, -0.05) is 17.7 Å². The number of carbonyl (C=O) groups excluding carboxylic acids is 4. The van der Waals surface area contributed by atoms with Gasteiger partial charge in [0, 0.05) is 17.0 Å². The van der Waals surface area contributed by atoms with Gasteiger partial charge in [0.2, 0.25) is 11.8 Å². The molecule has 0 spiro atoms. The number of nitrogens with one attached hydrogen (secondary N) is 1. The summed E-state index contributed by atoms with van der Waals surface area (Å²) in [5.41, 5.74) is 5.29. The molecule has 1 heterocycles. The van der Waals surface area contributed by atoms with Gasteiger partial charge in [0.15, 0.2) is 6.61 Å². The molecule has 39 heavy (non-hydrogen) atoms. The van der Waals surface area contributed by atoms with Crippen molar-refractivity contribution >= 4 is 64.1 Å². The first-order valence-corrected chi connectivity index (χ1v) is 12.5. The van der Waals surface area contributed by atoms with Crippen molar-refractivity contribution in [2.75, 3.05) is 22.6 Å². The topological polar surface area (TPSA) is 119 Å². The molecule has 3 aromatic carbocycles. The van der Waals surface area contributed by atoms with Crippen molar-refractivity contribution in [3.63, 3.8) is 0 Å². The fourth-order valence-electron chi connectivity index (χ4n) is 3.66. The first-order valence-electron chi connectivity index (χ1n) is 11.2. The minimum absolute atomic E-state index is 0.00685. The summed E-state index contributed by atoms with van der Waals surface area (Å²) >= 11 is 7.07. The number of benzene rings is 3. The summed E-state index contributed by atoms with van der Waals surface area (Å²) in [5.74, 6) is -2.62. The number of anilines is 3. The predicted molar refractivity (Wildman–Crippen MR) is 139 cm³/mol. The molecular weight excluding hydrogens is 559 g/mol. The van der Waals surface area contributed by atoms with Crippen LogP contribution in [0.1, 0.15) is 22.3 Å². The highest BCUT2D eigenvalue weighted by Gasteiger charge is 2.40. The number of ether oxygens (including phenoxy) is 1. The second-order valence-corrected chi connectivity index (χ2v) is 10.00. The van der Waals surface area contributed by atoms with E-state index in [0.717, 1.165) is 21.9 Å². The Morgan fingerprint density at radius 3 is 2.46 bits per heavy atom. The average molecular weight is 578 g/mol. The van der Waals surface area contributed by atoms with Crippen molar-refractivity contribution in [3.8, 4) is 0 Å². The number of rotatable bonds is 7. The number of alkyl halides is 3. The summed E-state index contributed by atoms with van der Waals surface area (Å²) in [7, 11) is 0. The van der Waals surface area contributed by atoms with Gasteiger partial charge in [-0.3, -0.25) is 14.4 Å². The number of nitrogens with two attached hydrogens (primary N) is 1. The first-order chi connectivity index (χ1) is 18.4. The van der Waals surface area contributed by atoms with Gasteiger partial charge in [-0.05, 0) is 60.7 Å². The van der Waals surface area contributed by atoms with E-state index < -0.39 is 47.3 Å². The van der Waals surface area contributed by atoms with Crippen LogP contribution in [-0.4, -0.2) is 35.5 Å². The largest absolute Gasteiger partial charge is 0.452 e. The van der Waals surface area contributed by atoms with E-state index in [-0.39, 0.29) is 28.4 Å². The molecular formula is C26H19ClF3N3O5S. The minimum atomic E-state index is -4.64. The van der Waals surface area contributed by atoms with E-state index in [4.69, 9.17) is 22.1 Å². The zero-order chi connectivity index (χ0) is 28.3. The van der Waals surface area contributed by atoms with Crippen LogP contribution in [0.3, 0.4) is 0 Å². The smallest absolute Gasteiger partial charge is 0.416 e. The van der Waals surface area contributed by atoms with Gasteiger partial charge in [0.05, 0.1) is 32.8 Å². The van der Waals surface area contributed by atoms with Crippen molar-refractivity contribution in [1.82, 2.24) is 0 Å². The number of thioether (sulfide) groups is 1. The summed E-state index contributed by atoms with van der Waals surface area (Å²) in [4.78, 5) is 51.7. The number of hydrogen-bond donors (Lipinski definition) is 2. The van der Waals surface area contributed by atoms with Gasteiger partial charge in [-0.25, -0.2) is 9.69 Å². The molecule has 0 radical (unpaired) electrons. The van der Waals surface area contributed by atoms with Crippen LogP contribution in [0.5, 0.6) is 0 Å². The van der Waals surface area contributed by atoms with E-state index in [2.05, 4.69) is 5.32 Å². The van der Waals surface area contributed by atoms with E-state index in [1.54, 1.807) is 24.3 Å². The van der Waals surface area contributed by atoms with Crippen LogP contribution in [0.25, 0.3) is 0 Å². The number of amides is 3. The molecule has 1 fully saturated rings. The molecule has 13 heteroatoms. The zero-order valence-corrected chi connectivity index (χ0v) is 21.4. The fraction of sp³-hybridized carbons (Fsp3) is 0.154. The maximum Gasteiger partial charge on any atom is 0.416 e. The fourth-order valence-corrected chi connectivity index (χ4v) is 4.95. The molecule has 1 atom stereocenters. The van der Waals surface area contributed by atoms with E-state index >= 15 is 0 Å². The summed E-state index contributed by atoms with van der Waals surface area (Å²) < 4.78 is 43.6. The summed E-state index contributed by atoms with van der Waals surface area (Å²) in [5, 5.41) is 1.41. The third kappa shape index (κ3) is 6.70. The number of halogens is 4. The molecule has 3 aromatic rings. The lowest BCUT2D eigenvalue weighted by molar-refractivity contribution is -0.137. The highest BCUT2D eigenvalue weighted by atomic mass is 35.5. The SMILES string of the molecule is Nc1cccc(SC2CC(=O)N(c3ccc(C(=O)OCC(=O)Nc4cc(C(F)(F)F)ccc4Cl)cc3)C2=O)c1. The lowest BCUT2D eigenvalue weighted by Gasteiger charge is -2.15. The Hall–Kier alpha value is -4.03. The van der Waals surface area contributed by atoms with Crippen molar-refractivity contribution in [2.45, 2.75) is 22.7 Å². The van der Waals surface area contributed by atoms with E-state index in [9.17, 15) is 32.3 Å². The second kappa shape index (κ2) is 11.4. The molecule has 8 nitrogen and oxygen atoms in total. The standard InChI is InChI=1S/C26H19ClF3N3O5S/c27-19-9-6-15(26(28,29)30)10-20(19)32-22(34)13-38-25(37)14-4-7-17(8-5-14)33-23(35)12-21(24(33)36)39-18-3-1-2-16(31)11-18/h1-11,21H,12-13,31H2,(H,32,34). The number of hydrogen-bond acceptors (Lipinski definition) is 7. The molecule has 1 aliphatic heterocycles. The Labute approximate surface area is 229 Å². The molecule has 3 amide bonds. The van der Waals surface area contributed by atoms with Crippen LogP contribution in [0, 0.1) is 0 Å². The van der Waals surface area contributed by atoms with E-state index in [1.165, 1.54) is 36.0 Å². The molecule has 0 saturated carbocycles. The van der Waals surface area contributed by atoms with Gasteiger partial charge in [0.25, 0.3) is 5.91 Å². The van der Waals surface area contributed by atoms with Crippen LogP contribution < -0.4 is 16.0 Å². The van der Waals surface area contributed by atoms with Gasteiger partial charge >= 0.3 is 12.1 Å². The Morgan fingerprint density at radius 1 is 1.08 bits per heavy atom. The third-order valence-corrected chi connectivity index (χ3v) is 7.01. The molecule has 1 aliphatic rings. The maximum absolute atomic E-state index is 12.9. The Balaban J connectivity index is 1.35. The third-order valence-electron chi connectivity index (χ3n) is 5.51. The number of nitrogens with zero attached hydrogens (tertiary/aromatic N) is 1. The van der Waals surface area contributed by atoms with Crippen molar-refractivity contribution < 1.29 is 37.1 Å². The van der Waals surface area contributed by atoms with E-state index in [1.807, 2.05) is 0 Å². The highest BCUT2D eigenvalue weighted by molar-refractivity contribution is 8.00. The van der Waals surface area contributed by atoms with Crippen LogP contribution in [0.15, 0.2) is 71.6 Å². The van der Waals surface area contributed by atoms with Crippen molar-refractivity contribution in [1.29, 1.82) is 0 Å². The summed E-state index contributed by atoms with van der Waals surface area (Å²) in [6, 6.07) is 14.8. The monoisotopic (exact) mass is 577 g/mol. The zero-order valence-electron chi connectivity index (χ0n) is 19.8. The molecule has 1 saturated heterocycles. The average Bonchev–Trinajstić information content (AvgIpc) is 3.15. The summed E-state index contributed by atoms with van der Waals surface area (Å²) in [6.07, 6.45) is -4.64. The molecule has 1 unspecified atom stereocenters. The predicted octanol–water partition coefficient (Wildman–Crippen LogP) is 5.16. The van der Waals surface area contributed by atoms with E-state index in [0.29, 0.717) is 11.8 Å². The minimum Gasteiger partial charge on any atom is -0.452 e. The van der Waals surface area contributed by atoms with Gasteiger partial charge in [-0.15, -0.1) is 11.8 Å². The molecule has 3 N–H and O–H groups in total. The maximum atomic E-state index is 12.9. The van der Waals surface area contributed by atoms with Gasteiger partial charge < -0.3 is 15.8 Å². The van der Waals surface area contributed by atoms with Crippen molar-refractivity contribution in [3.05, 3.63) is 82.9 Å². The number of carbonyl (C=O) groups is 4. The van der Waals surface area contributed by atoms with Gasteiger partial charge in [0.1, 0.15) is 0 Å².